The molecule has 0 bridgehead atoms. The van der Waals surface area contributed by atoms with Gasteiger partial charge in [0, 0.05) is 37.6 Å². The van der Waals surface area contributed by atoms with E-state index in [2.05, 4.69) is 10.2 Å². The molecule has 0 atom stereocenters. The van der Waals surface area contributed by atoms with Crippen molar-refractivity contribution >= 4 is 34.8 Å². The molecule has 26 heavy (non-hydrogen) atoms. The van der Waals surface area contributed by atoms with Crippen LogP contribution in [0.5, 0.6) is 0 Å². The summed E-state index contributed by atoms with van der Waals surface area (Å²) in [5.41, 5.74) is 1.52. The fourth-order valence-electron chi connectivity index (χ4n) is 3.04. The van der Waals surface area contributed by atoms with Crippen molar-refractivity contribution in [1.82, 2.24) is 4.90 Å². The van der Waals surface area contributed by atoms with Gasteiger partial charge in [-0.25, -0.2) is 0 Å². The molecule has 0 spiro atoms. The Hall–Kier alpha value is -2.47. The highest BCUT2D eigenvalue weighted by Crippen LogP contribution is 2.30. The molecule has 2 heterocycles. The summed E-state index contributed by atoms with van der Waals surface area (Å²) in [5.74, 6) is 0.121. The van der Waals surface area contributed by atoms with Crippen LogP contribution in [-0.4, -0.2) is 42.9 Å². The van der Waals surface area contributed by atoms with Crippen molar-refractivity contribution in [3.63, 3.8) is 0 Å². The van der Waals surface area contributed by atoms with Crippen molar-refractivity contribution in [3.05, 3.63) is 47.4 Å². The fraction of sp³-hybridized carbons (Fsp3) is 0.368. The third-order valence-electron chi connectivity index (χ3n) is 4.39. The lowest BCUT2D eigenvalue weighted by molar-refractivity contribution is -0.131. The highest BCUT2D eigenvalue weighted by atomic mass is 35.5. The number of carbonyl (C=O) groups is 2. The zero-order chi connectivity index (χ0) is 18.5. The van der Waals surface area contributed by atoms with Gasteiger partial charge in [0.2, 0.25) is 5.91 Å². The number of nitrogens with one attached hydrogen (secondary N) is 1. The summed E-state index contributed by atoms with van der Waals surface area (Å²) in [7, 11) is 0. The van der Waals surface area contributed by atoms with Crippen LogP contribution in [0, 0.1) is 0 Å². The molecule has 2 aromatic rings. The number of carbonyl (C=O) groups excluding carboxylic acids is 2. The standard InChI is InChI=1S/C19H22ClN3O3/c1-2-4-18(24)23-10-8-22(9-11-23)16-7-6-14(20)13-15(16)21-19(25)17-5-3-12-26-17/h3,5-7,12-13H,2,4,8-11H2,1H3,(H,21,25). The number of piperazine rings is 1. The number of rotatable bonds is 5. The van der Waals surface area contributed by atoms with Gasteiger partial charge in [-0.1, -0.05) is 18.5 Å². The maximum Gasteiger partial charge on any atom is 0.291 e. The lowest BCUT2D eigenvalue weighted by Crippen LogP contribution is -2.48. The predicted octanol–water partition coefficient (Wildman–Crippen LogP) is 3.63. The average Bonchev–Trinajstić information content (AvgIpc) is 3.17. The molecule has 7 heteroatoms. The van der Waals surface area contributed by atoms with Gasteiger partial charge in [-0.05, 0) is 36.8 Å². The van der Waals surface area contributed by atoms with Crippen molar-refractivity contribution in [2.24, 2.45) is 0 Å². The lowest BCUT2D eigenvalue weighted by Gasteiger charge is -2.37. The fourth-order valence-corrected chi connectivity index (χ4v) is 3.22. The molecule has 3 rings (SSSR count). The van der Waals surface area contributed by atoms with E-state index in [1.807, 2.05) is 17.9 Å². The van der Waals surface area contributed by atoms with Crippen molar-refractivity contribution in [1.29, 1.82) is 0 Å². The number of benzene rings is 1. The molecule has 1 aromatic heterocycles. The Kier molecular flexibility index (Phi) is 5.83. The van der Waals surface area contributed by atoms with Gasteiger partial charge in [0.25, 0.3) is 5.91 Å². The number of anilines is 2. The van der Waals surface area contributed by atoms with E-state index in [0.29, 0.717) is 43.3 Å². The molecule has 1 N–H and O–H groups in total. The van der Waals surface area contributed by atoms with E-state index in [0.717, 1.165) is 12.1 Å². The van der Waals surface area contributed by atoms with Crippen molar-refractivity contribution < 1.29 is 14.0 Å². The van der Waals surface area contributed by atoms with Crippen LogP contribution in [0.1, 0.15) is 30.3 Å². The van der Waals surface area contributed by atoms with Crippen LogP contribution < -0.4 is 10.2 Å². The van der Waals surface area contributed by atoms with Crippen LogP contribution in [0.25, 0.3) is 0 Å². The van der Waals surface area contributed by atoms with Gasteiger partial charge in [0.1, 0.15) is 0 Å². The molecule has 0 unspecified atom stereocenters. The quantitative estimate of drug-likeness (QED) is 0.866. The normalized spacial score (nSPS) is 14.4. The van der Waals surface area contributed by atoms with Gasteiger partial charge in [0.05, 0.1) is 17.6 Å². The summed E-state index contributed by atoms with van der Waals surface area (Å²) in [5, 5.41) is 3.41. The summed E-state index contributed by atoms with van der Waals surface area (Å²) in [6.07, 6.45) is 2.91. The number of hydrogen-bond donors (Lipinski definition) is 1. The van der Waals surface area contributed by atoms with Crippen molar-refractivity contribution in [3.8, 4) is 0 Å². The second-order valence-electron chi connectivity index (χ2n) is 6.21. The molecular formula is C19H22ClN3O3. The van der Waals surface area contributed by atoms with Crippen molar-refractivity contribution in [2.75, 3.05) is 36.4 Å². The third-order valence-corrected chi connectivity index (χ3v) is 4.62. The van der Waals surface area contributed by atoms with E-state index in [4.69, 9.17) is 16.0 Å². The Labute approximate surface area is 157 Å². The molecule has 0 radical (unpaired) electrons. The molecule has 2 amide bonds. The third kappa shape index (κ3) is 4.19. The molecule has 1 fully saturated rings. The molecule has 138 valence electrons. The van der Waals surface area contributed by atoms with Crippen LogP contribution >= 0.6 is 11.6 Å². The van der Waals surface area contributed by atoms with E-state index in [1.54, 1.807) is 24.3 Å². The van der Waals surface area contributed by atoms with E-state index < -0.39 is 0 Å². The van der Waals surface area contributed by atoms with E-state index in [-0.39, 0.29) is 17.6 Å². The second-order valence-corrected chi connectivity index (χ2v) is 6.65. The topological polar surface area (TPSA) is 65.8 Å². The first-order valence-corrected chi connectivity index (χ1v) is 9.13. The summed E-state index contributed by atoms with van der Waals surface area (Å²) < 4.78 is 5.14. The minimum atomic E-state index is -0.324. The summed E-state index contributed by atoms with van der Waals surface area (Å²) in [6.45, 7) is 4.78. The summed E-state index contributed by atoms with van der Waals surface area (Å²) in [4.78, 5) is 28.4. The van der Waals surface area contributed by atoms with Crippen LogP contribution in [0.15, 0.2) is 41.0 Å². The van der Waals surface area contributed by atoms with E-state index in [9.17, 15) is 9.59 Å². The first-order chi connectivity index (χ1) is 12.6. The summed E-state index contributed by atoms with van der Waals surface area (Å²) >= 11 is 6.12. The maximum absolute atomic E-state index is 12.3. The molecule has 6 nitrogen and oxygen atoms in total. The van der Waals surface area contributed by atoms with Crippen molar-refractivity contribution in [2.45, 2.75) is 19.8 Å². The lowest BCUT2D eigenvalue weighted by atomic mass is 10.2. The van der Waals surface area contributed by atoms with Gasteiger partial charge in [-0.2, -0.15) is 0 Å². The maximum atomic E-state index is 12.3. The molecular weight excluding hydrogens is 354 g/mol. The number of nitrogens with zero attached hydrogens (tertiary/aromatic N) is 2. The Bertz CT molecular complexity index is 768. The average molecular weight is 376 g/mol. The van der Waals surface area contributed by atoms with Gasteiger partial charge in [-0.3, -0.25) is 9.59 Å². The number of furan rings is 1. The van der Waals surface area contributed by atoms with E-state index >= 15 is 0 Å². The zero-order valence-corrected chi connectivity index (χ0v) is 15.5. The number of halogens is 1. The summed E-state index contributed by atoms with van der Waals surface area (Å²) in [6, 6.07) is 8.70. The molecule has 1 aromatic carbocycles. The van der Waals surface area contributed by atoms with Gasteiger partial charge in [0.15, 0.2) is 5.76 Å². The molecule has 0 aliphatic carbocycles. The first kappa shape index (κ1) is 18.3. The Morgan fingerprint density at radius 3 is 2.62 bits per heavy atom. The number of hydrogen-bond acceptors (Lipinski definition) is 4. The van der Waals surface area contributed by atoms with Crippen LogP contribution in [-0.2, 0) is 4.79 Å². The first-order valence-electron chi connectivity index (χ1n) is 8.75. The monoisotopic (exact) mass is 375 g/mol. The molecule has 1 saturated heterocycles. The molecule has 1 aliphatic rings. The predicted molar refractivity (Wildman–Crippen MR) is 102 cm³/mol. The van der Waals surface area contributed by atoms with E-state index in [1.165, 1.54) is 6.26 Å². The van der Waals surface area contributed by atoms with Crippen LogP contribution in [0.2, 0.25) is 5.02 Å². The Balaban J connectivity index is 1.72. The van der Waals surface area contributed by atoms with Gasteiger partial charge >= 0.3 is 0 Å². The number of amides is 2. The minimum Gasteiger partial charge on any atom is -0.459 e. The second kappa shape index (κ2) is 8.27. The highest BCUT2D eigenvalue weighted by Gasteiger charge is 2.23. The van der Waals surface area contributed by atoms with Gasteiger partial charge < -0.3 is 19.5 Å². The smallest absolute Gasteiger partial charge is 0.291 e. The van der Waals surface area contributed by atoms with Crippen LogP contribution in [0.3, 0.4) is 0 Å². The SMILES string of the molecule is CCCC(=O)N1CCN(c2ccc(Cl)cc2NC(=O)c2ccco2)CC1. The Morgan fingerprint density at radius 2 is 1.96 bits per heavy atom. The largest absolute Gasteiger partial charge is 0.459 e. The van der Waals surface area contributed by atoms with Gasteiger partial charge in [-0.15, -0.1) is 0 Å². The zero-order valence-electron chi connectivity index (χ0n) is 14.7. The van der Waals surface area contributed by atoms with Crippen LogP contribution in [0.4, 0.5) is 11.4 Å². The molecule has 1 aliphatic heterocycles. The Morgan fingerprint density at radius 1 is 1.19 bits per heavy atom. The highest BCUT2D eigenvalue weighted by molar-refractivity contribution is 6.31. The minimum absolute atomic E-state index is 0.203. The molecule has 0 saturated carbocycles.